The molecule has 3 fully saturated rings. The lowest BCUT2D eigenvalue weighted by Crippen LogP contribution is -2.59. The van der Waals surface area contributed by atoms with Gasteiger partial charge in [-0.05, 0) is 12.8 Å². The number of likely N-dealkylation sites (tertiary alicyclic amines) is 1. The average Bonchev–Trinajstić information content (AvgIpc) is 2.79. The van der Waals surface area contributed by atoms with E-state index in [9.17, 15) is 9.59 Å². The second kappa shape index (κ2) is 5.82. The quantitative estimate of drug-likeness (QED) is 0.718. The lowest BCUT2D eigenvalue weighted by molar-refractivity contribution is -0.131. The Morgan fingerprint density at radius 3 is 2.35 bits per heavy atom. The van der Waals surface area contributed by atoms with E-state index in [1.54, 1.807) is 4.90 Å². The summed E-state index contributed by atoms with van der Waals surface area (Å²) in [7, 11) is 0. The third-order valence-electron chi connectivity index (χ3n) is 5.02. The molecule has 0 aromatic carbocycles. The molecule has 1 aliphatic carbocycles. The zero-order chi connectivity index (χ0) is 14.0. The number of carbonyl (C=O) groups excluding carboxylic acids is 2. The highest BCUT2D eigenvalue weighted by Crippen LogP contribution is 2.35. The van der Waals surface area contributed by atoms with E-state index in [1.165, 1.54) is 19.3 Å². The average molecular weight is 280 g/mol. The number of Topliss-reactive ketones (excluding diaryl/α,β-unsaturated/α-hetero) is 1. The molecular weight excluding hydrogens is 256 g/mol. The number of morpholine rings is 1. The third kappa shape index (κ3) is 2.74. The van der Waals surface area contributed by atoms with Gasteiger partial charge in [0, 0.05) is 25.2 Å². The third-order valence-corrected chi connectivity index (χ3v) is 5.02. The molecule has 0 spiro atoms. The molecule has 0 atom stereocenters. The van der Waals surface area contributed by atoms with Crippen molar-refractivity contribution in [2.45, 2.75) is 44.1 Å². The monoisotopic (exact) mass is 280 g/mol. The fraction of sp³-hybridized carbons (Fsp3) is 0.867. The summed E-state index contributed by atoms with van der Waals surface area (Å²) in [6, 6.07) is 0. The molecule has 1 amide bonds. The largest absolute Gasteiger partial charge is 0.379 e. The van der Waals surface area contributed by atoms with Gasteiger partial charge in [0.15, 0.2) is 5.78 Å². The molecule has 3 aliphatic rings. The highest BCUT2D eigenvalue weighted by atomic mass is 16.5. The predicted molar refractivity (Wildman–Crippen MR) is 74.4 cm³/mol. The molecule has 2 saturated heterocycles. The van der Waals surface area contributed by atoms with Crippen molar-refractivity contribution in [3.05, 3.63) is 0 Å². The minimum Gasteiger partial charge on any atom is -0.379 e. The molecule has 20 heavy (non-hydrogen) atoms. The number of rotatable bonds is 3. The molecule has 0 unspecified atom stereocenters. The summed E-state index contributed by atoms with van der Waals surface area (Å²) in [5.74, 6) is 0.0937. The Morgan fingerprint density at radius 1 is 1.05 bits per heavy atom. The van der Waals surface area contributed by atoms with Crippen LogP contribution in [0, 0.1) is 0 Å². The number of amides is 1. The molecule has 0 bridgehead atoms. The van der Waals surface area contributed by atoms with Crippen LogP contribution in [0.15, 0.2) is 0 Å². The molecule has 0 aromatic rings. The first kappa shape index (κ1) is 14.0. The molecule has 5 heteroatoms. The SMILES string of the molecule is O=C1CC(=O)N(CC2(N3CCOCC3)CCCCC2)C1. The van der Waals surface area contributed by atoms with Crippen molar-refractivity contribution in [2.75, 3.05) is 39.4 Å². The maximum absolute atomic E-state index is 11.9. The van der Waals surface area contributed by atoms with Crippen molar-refractivity contribution >= 4 is 11.7 Å². The van der Waals surface area contributed by atoms with Crippen molar-refractivity contribution in [3.63, 3.8) is 0 Å². The van der Waals surface area contributed by atoms with E-state index in [0.717, 1.165) is 45.7 Å². The Kier molecular flexibility index (Phi) is 4.08. The van der Waals surface area contributed by atoms with E-state index >= 15 is 0 Å². The molecule has 1 saturated carbocycles. The molecular formula is C15H24N2O3. The minimum atomic E-state index is 0.0215. The lowest BCUT2D eigenvalue weighted by Gasteiger charge is -2.49. The molecule has 3 rings (SSSR count). The Balaban J connectivity index is 1.74. The van der Waals surface area contributed by atoms with Crippen LogP contribution < -0.4 is 0 Å². The van der Waals surface area contributed by atoms with Crippen LogP contribution in [0.5, 0.6) is 0 Å². The van der Waals surface area contributed by atoms with Gasteiger partial charge in [-0.1, -0.05) is 19.3 Å². The summed E-state index contributed by atoms with van der Waals surface area (Å²) >= 11 is 0. The molecule has 2 aliphatic heterocycles. The van der Waals surface area contributed by atoms with Crippen LogP contribution in [0.1, 0.15) is 38.5 Å². The number of hydrogen-bond acceptors (Lipinski definition) is 4. The number of ether oxygens (including phenoxy) is 1. The van der Waals surface area contributed by atoms with E-state index in [4.69, 9.17) is 4.74 Å². The first-order valence-corrected chi connectivity index (χ1v) is 7.82. The van der Waals surface area contributed by atoms with Crippen LogP contribution in [-0.4, -0.2) is 66.4 Å². The second-order valence-electron chi connectivity index (χ2n) is 6.35. The van der Waals surface area contributed by atoms with Gasteiger partial charge in [-0.2, -0.15) is 0 Å². The first-order valence-electron chi connectivity index (χ1n) is 7.82. The Labute approximate surface area is 120 Å². The van der Waals surface area contributed by atoms with E-state index in [1.807, 2.05) is 0 Å². The van der Waals surface area contributed by atoms with Gasteiger partial charge < -0.3 is 9.64 Å². The minimum absolute atomic E-state index is 0.0215. The summed E-state index contributed by atoms with van der Waals surface area (Å²) in [4.78, 5) is 27.7. The first-order chi connectivity index (χ1) is 9.70. The highest BCUT2D eigenvalue weighted by Gasteiger charge is 2.42. The zero-order valence-corrected chi connectivity index (χ0v) is 12.1. The summed E-state index contributed by atoms with van der Waals surface area (Å²) in [6.07, 6.45) is 6.15. The van der Waals surface area contributed by atoms with Crippen molar-refractivity contribution in [1.82, 2.24) is 9.80 Å². The number of hydrogen-bond donors (Lipinski definition) is 0. The van der Waals surface area contributed by atoms with Gasteiger partial charge in [-0.15, -0.1) is 0 Å². The van der Waals surface area contributed by atoms with Crippen molar-refractivity contribution in [1.29, 1.82) is 0 Å². The summed E-state index contributed by atoms with van der Waals surface area (Å²) in [5.41, 5.74) is 0.0856. The second-order valence-corrected chi connectivity index (χ2v) is 6.35. The van der Waals surface area contributed by atoms with E-state index in [2.05, 4.69) is 4.90 Å². The fourth-order valence-electron chi connectivity index (χ4n) is 3.96. The van der Waals surface area contributed by atoms with E-state index in [-0.39, 0.29) is 23.7 Å². The summed E-state index contributed by atoms with van der Waals surface area (Å²) in [5, 5.41) is 0. The molecule has 0 N–H and O–H groups in total. The molecule has 0 radical (unpaired) electrons. The van der Waals surface area contributed by atoms with Gasteiger partial charge >= 0.3 is 0 Å². The number of ketones is 1. The van der Waals surface area contributed by atoms with Crippen molar-refractivity contribution in [2.24, 2.45) is 0 Å². The Hall–Kier alpha value is -0.940. The van der Waals surface area contributed by atoms with Crippen molar-refractivity contribution < 1.29 is 14.3 Å². The maximum atomic E-state index is 11.9. The van der Waals surface area contributed by atoms with Gasteiger partial charge in [0.05, 0.1) is 26.2 Å². The van der Waals surface area contributed by atoms with Gasteiger partial charge in [-0.3, -0.25) is 14.5 Å². The number of carbonyl (C=O) groups is 2. The molecule has 2 heterocycles. The lowest BCUT2D eigenvalue weighted by atomic mass is 9.79. The summed E-state index contributed by atoms with van der Waals surface area (Å²) in [6.45, 7) is 4.54. The predicted octanol–water partition coefficient (Wildman–Crippen LogP) is 0.823. The van der Waals surface area contributed by atoms with Gasteiger partial charge in [0.1, 0.15) is 0 Å². The zero-order valence-electron chi connectivity index (χ0n) is 12.1. The van der Waals surface area contributed by atoms with Crippen LogP contribution in [0.3, 0.4) is 0 Å². The van der Waals surface area contributed by atoms with E-state index < -0.39 is 0 Å². The fourth-order valence-corrected chi connectivity index (χ4v) is 3.96. The topological polar surface area (TPSA) is 49.9 Å². The molecule has 112 valence electrons. The molecule has 5 nitrogen and oxygen atoms in total. The van der Waals surface area contributed by atoms with Crippen molar-refractivity contribution in [3.8, 4) is 0 Å². The van der Waals surface area contributed by atoms with E-state index in [0.29, 0.717) is 6.54 Å². The Bertz CT molecular complexity index is 385. The van der Waals surface area contributed by atoms with Crippen LogP contribution in [0.4, 0.5) is 0 Å². The highest BCUT2D eigenvalue weighted by molar-refractivity contribution is 6.05. The standard InChI is InChI=1S/C15H24N2O3/c18-13-10-14(19)16(11-13)12-15(4-2-1-3-5-15)17-6-8-20-9-7-17/h1-12H2. The van der Waals surface area contributed by atoms with Gasteiger partial charge in [0.2, 0.25) is 5.91 Å². The van der Waals surface area contributed by atoms with Crippen LogP contribution in [0.25, 0.3) is 0 Å². The normalized spacial score (nSPS) is 28.1. The maximum Gasteiger partial charge on any atom is 0.230 e. The Morgan fingerprint density at radius 2 is 1.75 bits per heavy atom. The summed E-state index contributed by atoms with van der Waals surface area (Å²) < 4.78 is 5.47. The van der Waals surface area contributed by atoms with Crippen LogP contribution >= 0.6 is 0 Å². The van der Waals surface area contributed by atoms with Crippen LogP contribution in [0.2, 0.25) is 0 Å². The van der Waals surface area contributed by atoms with Gasteiger partial charge in [0.25, 0.3) is 0 Å². The van der Waals surface area contributed by atoms with Gasteiger partial charge in [-0.25, -0.2) is 0 Å². The smallest absolute Gasteiger partial charge is 0.230 e. The molecule has 0 aromatic heterocycles. The number of nitrogens with zero attached hydrogens (tertiary/aromatic N) is 2. The van der Waals surface area contributed by atoms with Crippen LogP contribution in [-0.2, 0) is 14.3 Å².